The van der Waals surface area contributed by atoms with Crippen molar-refractivity contribution in [3.63, 3.8) is 0 Å². The molecule has 9 heteroatoms. The molecule has 0 aliphatic rings. The number of nitrogens with one attached hydrogen (secondary N) is 1. The first-order valence-electron chi connectivity index (χ1n) is 9.19. The van der Waals surface area contributed by atoms with Crippen LogP contribution in [0.4, 0.5) is 0 Å². The van der Waals surface area contributed by atoms with Crippen molar-refractivity contribution < 1.29 is 18.7 Å². The van der Waals surface area contributed by atoms with E-state index in [4.69, 9.17) is 9.15 Å². The number of esters is 1. The van der Waals surface area contributed by atoms with Gasteiger partial charge < -0.3 is 14.5 Å². The zero-order chi connectivity index (χ0) is 20.6. The largest absolute Gasteiger partial charge is 0.461 e. The molecule has 29 heavy (non-hydrogen) atoms. The number of benzene rings is 1. The van der Waals surface area contributed by atoms with Gasteiger partial charge in [0.2, 0.25) is 0 Å². The Morgan fingerprint density at radius 1 is 1.21 bits per heavy atom. The summed E-state index contributed by atoms with van der Waals surface area (Å²) in [5.74, 6) is 0.387. The van der Waals surface area contributed by atoms with Gasteiger partial charge in [-0.3, -0.25) is 14.2 Å². The Morgan fingerprint density at radius 2 is 2.00 bits per heavy atom. The molecule has 0 unspecified atom stereocenters. The van der Waals surface area contributed by atoms with E-state index in [9.17, 15) is 9.59 Å². The molecule has 1 amide bonds. The van der Waals surface area contributed by atoms with Gasteiger partial charge >= 0.3 is 5.97 Å². The van der Waals surface area contributed by atoms with Crippen LogP contribution in [-0.4, -0.2) is 38.5 Å². The summed E-state index contributed by atoms with van der Waals surface area (Å²) in [4.78, 5) is 24.3. The first-order valence-corrected chi connectivity index (χ1v) is 10.2. The number of amides is 1. The fourth-order valence-electron chi connectivity index (χ4n) is 2.61. The van der Waals surface area contributed by atoms with Crippen molar-refractivity contribution in [1.82, 2.24) is 20.1 Å². The van der Waals surface area contributed by atoms with Crippen molar-refractivity contribution >= 4 is 23.6 Å². The normalized spacial score (nSPS) is 11.8. The second-order valence-electron chi connectivity index (χ2n) is 6.15. The summed E-state index contributed by atoms with van der Waals surface area (Å²) in [6, 6.07) is 13.1. The SMILES string of the molecule is CCn1c(SCC(=O)O[C@@H](C)C(=O)NCc2ccccc2)nnc1-c1ccco1. The first-order chi connectivity index (χ1) is 14.1. The van der Waals surface area contributed by atoms with E-state index in [-0.39, 0.29) is 11.7 Å². The highest BCUT2D eigenvalue weighted by atomic mass is 32.2. The molecule has 8 nitrogen and oxygen atoms in total. The van der Waals surface area contributed by atoms with Crippen molar-refractivity contribution in [3.8, 4) is 11.6 Å². The number of carbonyl (C=O) groups excluding carboxylic acids is 2. The molecular formula is C20H22N4O4S. The lowest BCUT2D eigenvalue weighted by Gasteiger charge is -2.13. The molecule has 3 aromatic rings. The number of rotatable bonds is 9. The summed E-state index contributed by atoms with van der Waals surface area (Å²) in [5.41, 5.74) is 0.973. The summed E-state index contributed by atoms with van der Waals surface area (Å²) in [5, 5.41) is 11.6. The number of hydrogen-bond donors (Lipinski definition) is 1. The zero-order valence-electron chi connectivity index (χ0n) is 16.2. The Balaban J connectivity index is 1.49. The maximum Gasteiger partial charge on any atom is 0.317 e. The van der Waals surface area contributed by atoms with Crippen LogP contribution in [0.5, 0.6) is 0 Å². The van der Waals surface area contributed by atoms with Crippen LogP contribution >= 0.6 is 11.8 Å². The predicted molar refractivity (Wildman–Crippen MR) is 108 cm³/mol. The van der Waals surface area contributed by atoms with E-state index in [1.807, 2.05) is 41.8 Å². The minimum absolute atomic E-state index is 0.0204. The van der Waals surface area contributed by atoms with Gasteiger partial charge in [0.1, 0.15) is 0 Å². The molecule has 0 saturated heterocycles. The van der Waals surface area contributed by atoms with Gasteiger partial charge in [0.15, 0.2) is 22.8 Å². The molecule has 0 spiro atoms. The van der Waals surface area contributed by atoms with Crippen molar-refractivity contribution in [3.05, 3.63) is 54.3 Å². The van der Waals surface area contributed by atoms with Gasteiger partial charge in [0.25, 0.3) is 5.91 Å². The smallest absolute Gasteiger partial charge is 0.317 e. The molecule has 0 aliphatic heterocycles. The van der Waals surface area contributed by atoms with Gasteiger partial charge in [-0.15, -0.1) is 10.2 Å². The van der Waals surface area contributed by atoms with Crippen LogP contribution in [0.15, 0.2) is 58.3 Å². The molecule has 0 bridgehead atoms. The third kappa shape index (κ3) is 5.47. The van der Waals surface area contributed by atoms with E-state index < -0.39 is 12.1 Å². The summed E-state index contributed by atoms with van der Waals surface area (Å²) in [6.07, 6.45) is 0.688. The molecule has 1 aromatic carbocycles. The molecule has 0 radical (unpaired) electrons. The molecule has 2 aromatic heterocycles. The van der Waals surface area contributed by atoms with E-state index >= 15 is 0 Å². The fraction of sp³-hybridized carbons (Fsp3) is 0.300. The first kappa shape index (κ1) is 20.7. The fourth-order valence-corrected chi connectivity index (χ4v) is 3.39. The molecule has 1 N–H and O–H groups in total. The average Bonchev–Trinajstić information content (AvgIpc) is 3.40. The Hall–Kier alpha value is -3.07. The maximum absolute atomic E-state index is 12.1. The minimum Gasteiger partial charge on any atom is -0.461 e. The number of aromatic nitrogens is 3. The van der Waals surface area contributed by atoms with Gasteiger partial charge in [-0.2, -0.15) is 0 Å². The van der Waals surface area contributed by atoms with E-state index in [1.165, 1.54) is 11.8 Å². The van der Waals surface area contributed by atoms with Crippen LogP contribution in [-0.2, 0) is 27.4 Å². The quantitative estimate of drug-likeness (QED) is 0.424. The Labute approximate surface area is 172 Å². The van der Waals surface area contributed by atoms with Gasteiger partial charge in [-0.05, 0) is 31.5 Å². The molecule has 1 atom stereocenters. The Bertz CT molecular complexity index is 941. The minimum atomic E-state index is -0.880. The third-order valence-electron chi connectivity index (χ3n) is 4.08. The highest BCUT2D eigenvalue weighted by Gasteiger charge is 2.20. The number of ether oxygens (including phenoxy) is 1. The summed E-state index contributed by atoms with van der Waals surface area (Å²) in [6.45, 7) is 4.51. The summed E-state index contributed by atoms with van der Waals surface area (Å²) in [7, 11) is 0. The predicted octanol–water partition coefficient (Wildman–Crippen LogP) is 2.90. The standard InChI is InChI=1S/C20H22N4O4S/c1-3-24-18(16-10-7-11-27-16)22-23-20(24)29-13-17(25)28-14(2)19(26)21-12-15-8-5-4-6-9-15/h4-11,14H,3,12-13H2,1-2H3,(H,21,26)/t14-/m0/s1. The van der Waals surface area contributed by atoms with Gasteiger partial charge in [0.05, 0.1) is 12.0 Å². The molecular weight excluding hydrogens is 392 g/mol. The van der Waals surface area contributed by atoms with Crippen molar-refractivity contribution in [2.75, 3.05) is 5.75 Å². The molecule has 3 rings (SSSR count). The Kier molecular flexibility index (Phi) is 7.07. The molecule has 0 aliphatic carbocycles. The average molecular weight is 414 g/mol. The van der Waals surface area contributed by atoms with E-state index in [1.54, 1.807) is 25.3 Å². The van der Waals surface area contributed by atoms with Gasteiger partial charge in [-0.25, -0.2) is 0 Å². The number of thioether (sulfide) groups is 1. The van der Waals surface area contributed by atoms with Crippen molar-refractivity contribution in [2.24, 2.45) is 0 Å². The van der Waals surface area contributed by atoms with Crippen LogP contribution in [0.2, 0.25) is 0 Å². The van der Waals surface area contributed by atoms with E-state index in [0.29, 0.717) is 29.8 Å². The van der Waals surface area contributed by atoms with E-state index in [0.717, 1.165) is 5.56 Å². The van der Waals surface area contributed by atoms with Gasteiger partial charge in [0, 0.05) is 13.1 Å². The number of hydrogen-bond acceptors (Lipinski definition) is 7. The lowest BCUT2D eigenvalue weighted by Crippen LogP contribution is -2.35. The molecule has 2 heterocycles. The number of furan rings is 1. The van der Waals surface area contributed by atoms with Crippen LogP contribution in [0.1, 0.15) is 19.4 Å². The number of carbonyl (C=O) groups is 2. The maximum atomic E-state index is 12.1. The second kappa shape index (κ2) is 9.92. The molecule has 152 valence electrons. The Morgan fingerprint density at radius 3 is 2.69 bits per heavy atom. The molecule has 0 fully saturated rings. The number of nitrogens with zero attached hydrogens (tertiary/aromatic N) is 3. The second-order valence-corrected chi connectivity index (χ2v) is 7.09. The third-order valence-corrected chi connectivity index (χ3v) is 5.02. The summed E-state index contributed by atoms with van der Waals surface area (Å²) < 4.78 is 12.4. The monoisotopic (exact) mass is 414 g/mol. The van der Waals surface area contributed by atoms with Crippen molar-refractivity contribution in [2.45, 2.75) is 38.2 Å². The van der Waals surface area contributed by atoms with Crippen LogP contribution < -0.4 is 5.32 Å². The molecule has 0 saturated carbocycles. The zero-order valence-corrected chi connectivity index (χ0v) is 17.0. The van der Waals surface area contributed by atoms with Crippen molar-refractivity contribution in [1.29, 1.82) is 0 Å². The lowest BCUT2D eigenvalue weighted by atomic mass is 10.2. The highest BCUT2D eigenvalue weighted by Crippen LogP contribution is 2.24. The van der Waals surface area contributed by atoms with Crippen LogP contribution in [0.25, 0.3) is 11.6 Å². The van der Waals surface area contributed by atoms with Gasteiger partial charge in [-0.1, -0.05) is 42.1 Å². The van der Waals surface area contributed by atoms with E-state index in [2.05, 4.69) is 15.5 Å². The highest BCUT2D eigenvalue weighted by molar-refractivity contribution is 7.99. The van der Waals surface area contributed by atoms with Crippen LogP contribution in [0, 0.1) is 0 Å². The summed E-state index contributed by atoms with van der Waals surface area (Å²) >= 11 is 1.20. The lowest BCUT2D eigenvalue weighted by molar-refractivity contribution is -0.152. The topological polar surface area (TPSA) is 99.2 Å². The van der Waals surface area contributed by atoms with Crippen LogP contribution in [0.3, 0.4) is 0 Å².